The van der Waals surface area contributed by atoms with Crippen LogP contribution in [-0.4, -0.2) is 134 Å². The second-order valence-electron chi connectivity index (χ2n) is 19.8. The van der Waals surface area contributed by atoms with Crippen molar-refractivity contribution >= 4 is 41.0 Å². The van der Waals surface area contributed by atoms with E-state index in [9.17, 15) is 39.3 Å². The number of ether oxygens (including phenoxy) is 1. The van der Waals surface area contributed by atoms with Crippen LogP contribution in [0.2, 0.25) is 0 Å². The molecule has 19 nitrogen and oxygen atoms in total. The molecular weight excluding hydrogens is 1040 g/mol. The molecule has 0 fully saturated rings. The lowest BCUT2D eigenvalue weighted by molar-refractivity contribution is -0.165. The molecule has 0 bridgehead atoms. The van der Waals surface area contributed by atoms with Gasteiger partial charge in [-0.25, -0.2) is 24.4 Å². The van der Waals surface area contributed by atoms with Gasteiger partial charge in [0, 0.05) is 80.9 Å². The molecular formula is C62H62N6O13. The summed E-state index contributed by atoms with van der Waals surface area (Å²) in [6, 6.07) is 40.9. The van der Waals surface area contributed by atoms with Crippen LogP contribution in [-0.2, 0) is 32.0 Å². The first-order valence-electron chi connectivity index (χ1n) is 25.4. The third-order valence-corrected chi connectivity index (χ3v) is 13.2. The zero-order valence-electron chi connectivity index (χ0n) is 45.8. The molecule has 4 aromatic heterocycles. The second-order valence-corrected chi connectivity index (χ2v) is 19.8. The first-order chi connectivity index (χ1) is 38.4. The lowest BCUT2D eigenvalue weighted by Crippen LogP contribution is -2.39. The Bertz CT molecular complexity index is 3570. The van der Waals surface area contributed by atoms with E-state index in [2.05, 4.69) is 62.4 Å². The van der Waals surface area contributed by atoms with Crippen LogP contribution < -0.4 is 4.74 Å². The summed E-state index contributed by atoms with van der Waals surface area (Å²) in [5.41, 5.74) is 14.5. The Morgan fingerprint density at radius 1 is 0.519 bits per heavy atom. The number of phenolic OH excluding ortho intramolecular Hbond substituents is 2. The number of amides is 2. The van der Waals surface area contributed by atoms with Gasteiger partial charge in [0.2, 0.25) is 11.8 Å². The summed E-state index contributed by atoms with van der Waals surface area (Å²) in [5.74, 6) is -3.82. The average molecular weight is 1100 g/mol. The molecule has 5 heterocycles. The van der Waals surface area contributed by atoms with Gasteiger partial charge in [-0.1, -0.05) is 102 Å². The second kappa shape index (κ2) is 25.3. The highest BCUT2D eigenvalue weighted by atomic mass is 16.5. The van der Waals surface area contributed by atoms with Crippen LogP contribution in [0, 0.1) is 27.7 Å². The van der Waals surface area contributed by atoms with Crippen molar-refractivity contribution in [1.29, 1.82) is 0 Å². The maximum absolute atomic E-state index is 12.3. The van der Waals surface area contributed by atoms with Crippen molar-refractivity contribution in [2.45, 2.75) is 58.7 Å². The molecule has 5 aromatic carbocycles. The predicted molar refractivity (Wildman–Crippen MR) is 303 cm³/mol. The SMILES string of the molecule is Cc1ccc(-c2nc3ccc(C)cn3c2CC(=O)N(C)C)cc1.Cc1ccc(-c2nc3ccc(C)cn3c2CC(=O)N(C)C)cc1.O=C(O)C(O)C(O)C(=O)O.O=C(O)c1ccccc1C1c2ccc(O)cc2Oc2cc(O)ccc21. The lowest BCUT2D eigenvalue weighted by atomic mass is 9.80. The van der Waals surface area contributed by atoms with Gasteiger partial charge in [0.25, 0.3) is 0 Å². The van der Waals surface area contributed by atoms with Gasteiger partial charge in [-0.2, -0.15) is 0 Å². The van der Waals surface area contributed by atoms with E-state index in [4.69, 9.17) is 35.1 Å². The maximum atomic E-state index is 12.3. The summed E-state index contributed by atoms with van der Waals surface area (Å²) in [6.45, 7) is 8.21. The number of aliphatic hydroxyl groups excluding tert-OH is 2. The Balaban J connectivity index is 0.000000162. The fourth-order valence-electron chi connectivity index (χ4n) is 8.76. The van der Waals surface area contributed by atoms with Gasteiger partial charge in [0.15, 0.2) is 12.2 Å². The van der Waals surface area contributed by atoms with Gasteiger partial charge in [-0.15, -0.1) is 0 Å². The largest absolute Gasteiger partial charge is 0.508 e. The molecule has 0 radical (unpaired) electrons. The molecule has 0 saturated carbocycles. The van der Waals surface area contributed by atoms with Crippen molar-refractivity contribution in [3.8, 4) is 45.5 Å². The van der Waals surface area contributed by atoms with E-state index in [0.717, 1.165) is 67.5 Å². The number of hydrogen-bond acceptors (Lipinski definition) is 12. The normalized spacial score (nSPS) is 12.1. The molecule has 418 valence electrons. The number of rotatable bonds is 11. The molecule has 0 saturated heterocycles. The molecule has 19 heteroatoms. The minimum Gasteiger partial charge on any atom is -0.508 e. The molecule has 81 heavy (non-hydrogen) atoms. The van der Waals surface area contributed by atoms with E-state index in [0.29, 0.717) is 29.9 Å². The fourth-order valence-corrected chi connectivity index (χ4v) is 8.76. The van der Waals surface area contributed by atoms with Crippen molar-refractivity contribution in [1.82, 2.24) is 28.6 Å². The number of phenols is 2. The van der Waals surface area contributed by atoms with Crippen molar-refractivity contribution in [2.75, 3.05) is 28.2 Å². The van der Waals surface area contributed by atoms with Crippen LogP contribution in [0.25, 0.3) is 33.8 Å². The highest BCUT2D eigenvalue weighted by Crippen LogP contribution is 2.49. The van der Waals surface area contributed by atoms with E-state index in [1.54, 1.807) is 86.5 Å². The quantitative estimate of drug-likeness (QED) is 0.0640. The third kappa shape index (κ3) is 13.9. The molecule has 2 atom stereocenters. The number of aromatic carboxylic acids is 1. The van der Waals surface area contributed by atoms with Crippen molar-refractivity contribution in [3.63, 3.8) is 0 Å². The maximum Gasteiger partial charge on any atom is 0.335 e. The number of benzene rings is 5. The zero-order chi connectivity index (χ0) is 59.0. The summed E-state index contributed by atoms with van der Waals surface area (Å²) >= 11 is 0. The van der Waals surface area contributed by atoms with Crippen LogP contribution in [0.1, 0.15) is 66.6 Å². The van der Waals surface area contributed by atoms with Crippen LogP contribution >= 0.6 is 0 Å². The number of imidazole rings is 2. The minimum absolute atomic E-state index is 0.0487. The molecule has 0 spiro atoms. The first-order valence-corrected chi connectivity index (χ1v) is 25.4. The number of nitrogens with zero attached hydrogens (tertiary/aromatic N) is 6. The number of aromatic nitrogens is 4. The average Bonchev–Trinajstić information content (AvgIpc) is 3.78. The van der Waals surface area contributed by atoms with E-state index in [1.807, 2.05) is 59.3 Å². The molecule has 10 rings (SSSR count). The molecule has 2 unspecified atom stereocenters. The molecule has 2 amide bonds. The molecule has 1 aliphatic heterocycles. The van der Waals surface area contributed by atoms with Gasteiger partial charge in [0.05, 0.1) is 41.2 Å². The number of likely N-dealkylation sites (N-methyl/N-ethyl adjacent to an activating group) is 2. The summed E-state index contributed by atoms with van der Waals surface area (Å²) in [5, 5.41) is 61.6. The third-order valence-electron chi connectivity index (χ3n) is 13.2. The Morgan fingerprint density at radius 3 is 1.27 bits per heavy atom. The highest BCUT2D eigenvalue weighted by Gasteiger charge is 2.32. The van der Waals surface area contributed by atoms with Gasteiger partial charge < -0.3 is 59.1 Å². The lowest BCUT2D eigenvalue weighted by Gasteiger charge is -2.29. The van der Waals surface area contributed by atoms with Crippen molar-refractivity contribution in [2.24, 2.45) is 0 Å². The van der Waals surface area contributed by atoms with Crippen LogP contribution in [0.5, 0.6) is 23.0 Å². The van der Waals surface area contributed by atoms with Gasteiger partial charge in [0.1, 0.15) is 34.3 Å². The van der Waals surface area contributed by atoms with Crippen LogP contribution in [0.4, 0.5) is 0 Å². The number of carbonyl (C=O) groups is 5. The number of pyridine rings is 2. The van der Waals surface area contributed by atoms with Gasteiger partial charge >= 0.3 is 17.9 Å². The summed E-state index contributed by atoms with van der Waals surface area (Å²) in [7, 11) is 7.12. The Kier molecular flexibility index (Phi) is 18.4. The van der Waals surface area contributed by atoms with Crippen LogP contribution in [0.3, 0.4) is 0 Å². The van der Waals surface area contributed by atoms with Crippen molar-refractivity contribution in [3.05, 3.63) is 202 Å². The zero-order valence-corrected chi connectivity index (χ0v) is 45.8. The Labute approximate surface area is 466 Å². The number of aliphatic hydroxyl groups is 2. The van der Waals surface area contributed by atoms with Crippen molar-refractivity contribution < 1.29 is 64.5 Å². The predicted octanol–water partition coefficient (Wildman–Crippen LogP) is 8.46. The topological polar surface area (TPSA) is 277 Å². The number of aromatic hydroxyl groups is 2. The molecule has 7 N–H and O–H groups in total. The van der Waals surface area contributed by atoms with E-state index < -0.39 is 30.1 Å². The van der Waals surface area contributed by atoms with Crippen LogP contribution in [0.15, 0.2) is 146 Å². The smallest absolute Gasteiger partial charge is 0.335 e. The molecule has 0 aliphatic carbocycles. The Hall–Kier alpha value is -9.85. The monoisotopic (exact) mass is 1100 g/mol. The number of carbonyl (C=O) groups excluding carboxylic acids is 2. The minimum atomic E-state index is -2.27. The summed E-state index contributed by atoms with van der Waals surface area (Å²) in [4.78, 5) is 68.5. The first kappa shape index (κ1) is 58.8. The molecule has 9 aromatic rings. The standard InChI is InChI=1S/C20H14O5.2C19H21N3O.C4H6O6/c21-11-5-7-15-17(9-11)25-18-10-12(22)6-8-16(18)19(15)13-3-1-2-4-14(13)20(23)24;2*1-13-5-8-15(9-6-13)19-16(11-18(23)21(3)4)22-12-14(2)7-10-17(22)20-19;5-1(3(7)8)2(6)4(9)10/h1-10,19,21-22H,(H,23,24);2*5-10,12H,11H2,1-4H3;1-2,5-6H,(H,7,8)(H,9,10). The van der Waals surface area contributed by atoms with Gasteiger partial charge in [-0.3, -0.25) is 9.59 Å². The number of hydrogen-bond donors (Lipinski definition) is 7. The fraction of sp³-hybridized carbons (Fsp3) is 0.210. The van der Waals surface area contributed by atoms with E-state index >= 15 is 0 Å². The number of aliphatic carboxylic acids is 2. The summed E-state index contributed by atoms with van der Waals surface area (Å²) < 4.78 is 9.89. The van der Waals surface area contributed by atoms with Gasteiger partial charge in [-0.05, 0) is 74.7 Å². The summed E-state index contributed by atoms with van der Waals surface area (Å²) in [6.07, 6.45) is 0.216. The number of fused-ring (bicyclic) bond motifs is 4. The Morgan fingerprint density at radius 2 is 0.901 bits per heavy atom. The number of carboxylic acid groups (broad SMARTS) is 3. The molecule has 1 aliphatic rings. The highest BCUT2D eigenvalue weighted by molar-refractivity contribution is 5.90. The number of carboxylic acids is 3. The number of aryl methyl sites for hydroxylation is 4. The van der Waals surface area contributed by atoms with E-state index in [-0.39, 0.29) is 34.8 Å². The van der Waals surface area contributed by atoms with E-state index in [1.165, 1.54) is 23.3 Å².